The minimum atomic E-state index is 0.257. The van der Waals surface area contributed by atoms with Gasteiger partial charge in [0.2, 0.25) is 0 Å². The van der Waals surface area contributed by atoms with Gasteiger partial charge in [-0.15, -0.1) is 0 Å². The van der Waals surface area contributed by atoms with Gasteiger partial charge in [0.15, 0.2) is 0 Å². The van der Waals surface area contributed by atoms with Gasteiger partial charge in [-0.3, -0.25) is 0 Å². The summed E-state index contributed by atoms with van der Waals surface area (Å²) in [4.78, 5) is 0. The zero-order valence-corrected chi connectivity index (χ0v) is 11.8. The lowest BCUT2D eigenvalue weighted by Gasteiger charge is -2.21. The lowest BCUT2D eigenvalue weighted by molar-refractivity contribution is 0.119. The fourth-order valence-corrected chi connectivity index (χ4v) is 1.88. The van der Waals surface area contributed by atoms with Crippen molar-refractivity contribution in [2.24, 2.45) is 11.1 Å². The molecular weight excluding hydrogens is 222 g/mol. The lowest BCUT2D eigenvalue weighted by Crippen LogP contribution is -2.23. The van der Waals surface area contributed by atoms with E-state index in [0.717, 1.165) is 45.4 Å². The summed E-state index contributed by atoms with van der Waals surface area (Å²) in [6.45, 7) is 6.89. The van der Waals surface area contributed by atoms with Crippen molar-refractivity contribution >= 4 is 0 Å². The zero-order valence-electron chi connectivity index (χ0n) is 11.8. The number of rotatable bonds is 9. The van der Waals surface area contributed by atoms with Gasteiger partial charge in [-0.25, -0.2) is 0 Å². The first-order chi connectivity index (χ1) is 8.64. The average molecular weight is 249 g/mol. The standard InChI is InChI=1S/C16H27NO/c1-16(2,14-17)11-7-13-18-12-6-10-15-8-4-3-5-9-15/h3-5,8-9H,6-7,10-14,17H2,1-2H3. The first-order valence-electron chi connectivity index (χ1n) is 6.96. The molecule has 0 unspecified atom stereocenters. The molecule has 1 aromatic rings. The van der Waals surface area contributed by atoms with Crippen molar-refractivity contribution < 1.29 is 4.74 Å². The van der Waals surface area contributed by atoms with Gasteiger partial charge < -0.3 is 10.5 Å². The maximum absolute atomic E-state index is 5.69. The van der Waals surface area contributed by atoms with Crippen molar-refractivity contribution in [2.75, 3.05) is 19.8 Å². The monoisotopic (exact) mass is 249 g/mol. The predicted octanol–water partition coefficient (Wildman–Crippen LogP) is 3.40. The Balaban J connectivity index is 1.96. The van der Waals surface area contributed by atoms with Crippen LogP contribution < -0.4 is 5.73 Å². The summed E-state index contributed by atoms with van der Waals surface area (Å²) in [5.74, 6) is 0. The molecule has 2 heteroatoms. The van der Waals surface area contributed by atoms with Crippen LogP contribution in [0.25, 0.3) is 0 Å². The minimum Gasteiger partial charge on any atom is -0.381 e. The van der Waals surface area contributed by atoms with Crippen LogP contribution >= 0.6 is 0 Å². The fourth-order valence-electron chi connectivity index (χ4n) is 1.88. The number of benzene rings is 1. The second kappa shape index (κ2) is 8.28. The molecule has 1 rings (SSSR count). The summed E-state index contributed by atoms with van der Waals surface area (Å²) >= 11 is 0. The van der Waals surface area contributed by atoms with E-state index in [4.69, 9.17) is 10.5 Å². The Morgan fingerprint density at radius 1 is 1.06 bits per heavy atom. The van der Waals surface area contributed by atoms with E-state index in [2.05, 4.69) is 44.2 Å². The first-order valence-corrected chi connectivity index (χ1v) is 6.96. The van der Waals surface area contributed by atoms with Crippen molar-refractivity contribution in [3.8, 4) is 0 Å². The van der Waals surface area contributed by atoms with Crippen LogP contribution in [0.2, 0.25) is 0 Å². The molecule has 0 spiro atoms. The normalized spacial score (nSPS) is 11.7. The predicted molar refractivity (Wildman–Crippen MR) is 77.7 cm³/mol. The second-order valence-corrected chi connectivity index (χ2v) is 5.67. The second-order valence-electron chi connectivity index (χ2n) is 5.67. The molecule has 2 N–H and O–H groups in total. The highest BCUT2D eigenvalue weighted by molar-refractivity contribution is 5.14. The largest absolute Gasteiger partial charge is 0.381 e. The molecule has 0 atom stereocenters. The van der Waals surface area contributed by atoms with Crippen LogP contribution in [0.1, 0.15) is 38.7 Å². The van der Waals surface area contributed by atoms with Crippen molar-refractivity contribution in [1.29, 1.82) is 0 Å². The Morgan fingerprint density at radius 3 is 2.39 bits per heavy atom. The van der Waals surface area contributed by atoms with Gasteiger partial charge in [-0.2, -0.15) is 0 Å². The van der Waals surface area contributed by atoms with Crippen molar-refractivity contribution in [3.63, 3.8) is 0 Å². The molecule has 18 heavy (non-hydrogen) atoms. The van der Waals surface area contributed by atoms with Crippen LogP contribution in [0.15, 0.2) is 30.3 Å². The number of ether oxygens (including phenoxy) is 1. The highest BCUT2D eigenvalue weighted by Crippen LogP contribution is 2.19. The fraction of sp³-hybridized carbons (Fsp3) is 0.625. The van der Waals surface area contributed by atoms with Gasteiger partial charge in [0, 0.05) is 13.2 Å². The van der Waals surface area contributed by atoms with Gasteiger partial charge in [0.05, 0.1) is 0 Å². The van der Waals surface area contributed by atoms with Crippen LogP contribution in [0.5, 0.6) is 0 Å². The Morgan fingerprint density at radius 2 is 1.72 bits per heavy atom. The summed E-state index contributed by atoms with van der Waals surface area (Å²) < 4.78 is 5.65. The number of hydrogen-bond acceptors (Lipinski definition) is 2. The molecule has 0 aliphatic carbocycles. The molecule has 0 radical (unpaired) electrons. The van der Waals surface area contributed by atoms with Crippen molar-refractivity contribution in [2.45, 2.75) is 39.5 Å². The first kappa shape index (κ1) is 15.2. The maximum atomic E-state index is 5.69. The molecule has 0 aromatic heterocycles. The quantitative estimate of drug-likeness (QED) is 0.681. The van der Waals surface area contributed by atoms with E-state index in [9.17, 15) is 0 Å². The van der Waals surface area contributed by atoms with E-state index >= 15 is 0 Å². The van der Waals surface area contributed by atoms with Gasteiger partial charge >= 0.3 is 0 Å². The summed E-state index contributed by atoms with van der Waals surface area (Å²) in [7, 11) is 0. The summed E-state index contributed by atoms with van der Waals surface area (Å²) in [5.41, 5.74) is 7.34. The summed E-state index contributed by atoms with van der Waals surface area (Å²) in [5, 5.41) is 0. The summed E-state index contributed by atoms with van der Waals surface area (Å²) in [6, 6.07) is 10.6. The van der Waals surface area contributed by atoms with E-state index in [-0.39, 0.29) is 5.41 Å². The van der Waals surface area contributed by atoms with Gasteiger partial charge in [-0.05, 0) is 43.2 Å². The Kier molecular flexibility index (Phi) is 6.99. The van der Waals surface area contributed by atoms with E-state index in [1.54, 1.807) is 0 Å². The Labute approximate surface area is 112 Å². The highest BCUT2D eigenvalue weighted by atomic mass is 16.5. The molecule has 0 amide bonds. The highest BCUT2D eigenvalue weighted by Gasteiger charge is 2.14. The topological polar surface area (TPSA) is 35.2 Å². The molecule has 0 heterocycles. The molecule has 102 valence electrons. The van der Waals surface area contributed by atoms with Crippen LogP contribution in [0, 0.1) is 5.41 Å². The van der Waals surface area contributed by atoms with Crippen LogP contribution in [0.3, 0.4) is 0 Å². The van der Waals surface area contributed by atoms with Crippen LogP contribution in [-0.2, 0) is 11.2 Å². The molecule has 0 saturated carbocycles. The third kappa shape index (κ3) is 6.77. The Hall–Kier alpha value is -0.860. The number of hydrogen-bond donors (Lipinski definition) is 1. The van der Waals surface area contributed by atoms with Gasteiger partial charge in [0.1, 0.15) is 0 Å². The number of nitrogens with two attached hydrogens (primary N) is 1. The molecule has 0 bridgehead atoms. The molecule has 0 saturated heterocycles. The van der Waals surface area contributed by atoms with Crippen molar-refractivity contribution in [1.82, 2.24) is 0 Å². The lowest BCUT2D eigenvalue weighted by atomic mass is 9.88. The zero-order chi connectivity index (χ0) is 13.3. The van der Waals surface area contributed by atoms with Crippen LogP contribution in [0.4, 0.5) is 0 Å². The minimum absolute atomic E-state index is 0.257. The van der Waals surface area contributed by atoms with E-state index < -0.39 is 0 Å². The molecule has 1 aromatic carbocycles. The molecular formula is C16H27NO. The maximum Gasteiger partial charge on any atom is 0.0469 e. The number of aryl methyl sites for hydroxylation is 1. The summed E-state index contributed by atoms with van der Waals surface area (Å²) in [6.07, 6.45) is 4.46. The molecule has 2 nitrogen and oxygen atoms in total. The third-order valence-electron chi connectivity index (χ3n) is 3.29. The van der Waals surface area contributed by atoms with E-state index in [0.29, 0.717) is 0 Å². The Bertz CT molecular complexity index is 308. The molecule has 0 aliphatic heterocycles. The van der Waals surface area contributed by atoms with Crippen molar-refractivity contribution in [3.05, 3.63) is 35.9 Å². The molecule has 0 aliphatic rings. The van der Waals surface area contributed by atoms with E-state index in [1.165, 1.54) is 5.56 Å². The average Bonchev–Trinajstić information content (AvgIpc) is 2.39. The molecule has 0 fully saturated rings. The van der Waals surface area contributed by atoms with E-state index in [1.807, 2.05) is 0 Å². The third-order valence-corrected chi connectivity index (χ3v) is 3.29. The smallest absolute Gasteiger partial charge is 0.0469 e. The van der Waals surface area contributed by atoms with Gasteiger partial charge in [-0.1, -0.05) is 44.2 Å². The SMILES string of the molecule is CC(C)(CN)CCCOCCCc1ccccc1. The van der Waals surface area contributed by atoms with Gasteiger partial charge in [0.25, 0.3) is 0 Å². The van der Waals surface area contributed by atoms with Crippen LogP contribution in [-0.4, -0.2) is 19.8 Å².